The molecular weight excluding hydrogens is 398 g/mol. The van der Waals surface area contributed by atoms with Crippen molar-refractivity contribution in [1.82, 2.24) is 18.8 Å². The molecule has 8 heteroatoms. The van der Waals surface area contributed by atoms with Gasteiger partial charge in [-0.15, -0.1) is 0 Å². The Kier molecular flexibility index (Phi) is 6.56. The van der Waals surface area contributed by atoms with E-state index >= 15 is 0 Å². The van der Waals surface area contributed by atoms with Gasteiger partial charge in [0.2, 0.25) is 10.0 Å². The first-order valence-electron chi connectivity index (χ1n) is 9.85. The molecule has 158 valence electrons. The van der Waals surface area contributed by atoms with Crippen LogP contribution < -0.4 is 0 Å². The number of aromatic nitrogens is 2. The Labute approximate surface area is 178 Å². The minimum Gasteiger partial charge on any atom is -0.327 e. The van der Waals surface area contributed by atoms with Crippen LogP contribution in [0.15, 0.2) is 47.4 Å². The summed E-state index contributed by atoms with van der Waals surface area (Å²) in [5.41, 5.74) is 3.33. The van der Waals surface area contributed by atoms with Gasteiger partial charge in [0.05, 0.1) is 34.1 Å². The van der Waals surface area contributed by atoms with Crippen molar-refractivity contribution in [2.24, 2.45) is 0 Å². The summed E-state index contributed by atoms with van der Waals surface area (Å²) in [6, 6.07) is 14.9. The molecule has 0 bridgehead atoms. The molecule has 1 aromatic heterocycles. The van der Waals surface area contributed by atoms with Gasteiger partial charge >= 0.3 is 0 Å². The van der Waals surface area contributed by atoms with E-state index in [1.54, 1.807) is 18.2 Å². The molecule has 30 heavy (non-hydrogen) atoms. The Bertz CT molecular complexity index is 1190. The molecule has 0 aliphatic heterocycles. The first kappa shape index (κ1) is 22.0. The Morgan fingerprint density at radius 1 is 1.10 bits per heavy atom. The van der Waals surface area contributed by atoms with Gasteiger partial charge in [0, 0.05) is 27.2 Å². The van der Waals surface area contributed by atoms with Crippen molar-refractivity contribution in [3.8, 4) is 6.07 Å². The summed E-state index contributed by atoms with van der Waals surface area (Å²) in [7, 11) is 1.55. The maximum atomic E-state index is 12.5. The molecule has 0 radical (unpaired) electrons. The fraction of sp³-hybridized carbons (Fsp3) is 0.364. The van der Waals surface area contributed by atoms with Gasteiger partial charge < -0.3 is 4.57 Å². The lowest BCUT2D eigenvalue weighted by Gasteiger charge is -2.17. The second-order valence-corrected chi connectivity index (χ2v) is 9.75. The molecule has 0 saturated heterocycles. The van der Waals surface area contributed by atoms with Crippen LogP contribution in [0, 0.1) is 11.3 Å². The highest BCUT2D eigenvalue weighted by molar-refractivity contribution is 7.89. The standard InChI is InChI=1S/C22H27N5O2S/c1-5-11-27-21-10-9-19(30(28,29)25(2)3)13-20(21)24-22(27)16-26(4)15-18-8-6-7-17(12-18)14-23/h6-10,12-13H,5,11,15-16H2,1-4H3. The average Bonchev–Trinajstić information content (AvgIpc) is 3.04. The number of nitrogens with zero attached hydrogens (tertiary/aromatic N) is 5. The number of imidazole rings is 1. The zero-order chi connectivity index (χ0) is 21.9. The van der Waals surface area contributed by atoms with E-state index in [0.717, 1.165) is 29.9 Å². The number of rotatable bonds is 8. The van der Waals surface area contributed by atoms with Gasteiger partial charge in [-0.3, -0.25) is 4.90 Å². The SMILES string of the molecule is CCCn1c(CN(C)Cc2cccc(C#N)c2)nc2cc(S(=O)(=O)N(C)C)ccc21. The van der Waals surface area contributed by atoms with Crippen molar-refractivity contribution in [2.45, 2.75) is 37.9 Å². The number of fused-ring (bicyclic) bond motifs is 1. The lowest BCUT2D eigenvalue weighted by molar-refractivity contribution is 0.305. The third-order valence-electron chi connectivity index (χ3n) is 4.94. The number of hydrogen-bond donors (Lipinski definition) is 0. The van der Waals surface area contributed by atoms with Crippen molar-refractivity contribution in [2.75, 3.05) is 21.1 Å². The minimum atomic E-state index is -3.51. The Balaban J connectivity index is 1.92. The highest BCUT2D eigenvalue weighted by Crippen LogP contribution is 2.23. The molecule has 0 amide bonds. The fourth-order valence-electron chi connectivity index (χ4n) is 3.47. The van der Waals surface area contributed by atoms with Crippen molar-refractivity contribution in [3.63, 3.8) is 0 Å². The van der Waals surface area contributed by atoms with Crippen molar-refractivity contribution < 1.29 is 8.42 Å². The van der Waals surface area contributed by atoms with Crippen LogP contribution in [-0.2, 0) is 29.7 Å². The van der Waals surface area contributed by atoms with Gasteiger partial charge in [0.15, 0.2) is 0 Å². The van der Waals surface area contributed by atoms with Gasteiger partial charge in [-0.25, -0.2) is 17.7 Å². The summed E-state index contributed by atoms with van der Waals surface area (Å²) in [5.74, 6) is 0.894. The van der Waals surface area contributed by atoms with Gasteiger partial charge in [0.25, 0.3) is 0 Å². The Hall–Kier alpha value is -2.73. The lowest BCUT2D eigenvalue weighted by atomic mass is 10.1. The van der Waals surface area contributed by atoms with Crippen LogP contribution in [0.3, 0.4) is 0 Å². The van der Waals surface area contributed by atoms with E-state index in [1.165, 1.54) is 18.4 Å². The normalized spacial score (nSPS) is 12.0. The summed E-state index contributed by atoms with van der Waals surface area (Å²) in [5, 5.41) is 9.10. The minimum absolute atomic E-state index is 0.245. The predicted molar refractivity (Wildman–Crippen MR) is 117 cm³/mol. The molecule has 3 rings (SSSR count). The predicted octanol–water partition coefficient (Wildman–Crippen LogP) is 3.20. The number of sulfonamides is 1. The molecule has 3 aromatic rings. The van der Waals surface area contributed by atoms with Crippen LogP contribution in [-0.4, -0.2) is 48.3 Å². The molecule has 7 nitrogen and oxygen atoms in total. The summed E-state index contributed by atoms with van der Waals surface area (Å²) in [6.45, 7) is 4.22. The van der Waals surface area contributed by atoms with E-state index in [9.17, 15) is 8.42 Å². The van der Waals surface area contributed by atoms with Crippen molar-refractivity contribution >= 4 is 21.1 Å². The number of aryl methyl sites for hydroxylation is 1. The van der Waals surface area contributed by atoms with E-state index in [0.29, 0.717) is 24.2 Å². The molecule has 0 atom stereocenters. The average molecular weight is 426 g/mol. The van der Waals surface area contributed by atoms with E-state index < -0.39 is 10.0 Å². The van der Waals surface area contributed by atoms with Crippen LogP contribution in [0.25, 0.3) is 11.0 Å². The quantitative estimate of drug-likeness (QED) is 0.553. The number of nitriles is 1. The molecule has 0 spiro atoms. The zero-order valence-electron chi connectivity index (χ0n) is 17.8. The molecule has 1 heterocycles. The van der Waals surface area contributed by atoms with E-state index in [1.807, 2.05) is 31.3 Å². The number of hydrogen-bond acceptors (Lipinski definition) is 5. The van der Waals surface area contributed by atoms with Crippen LogP contribution in [0.4, 0.5) is 0 Å². The molecule has 0 aliphatic carbocycles. The van der Waals surface area contributed by atoms with Crippen LogP contribution in [0.5, 0.6) is 0 Å². The molecule has 0 saturated carbocycles. The van der Waals surface area contributed by atoms with Crippen LogP contribution in [0.1, 0.15) is 30.3 Å². The van der Waals surface area contributed by atoms with E-state index in [4.69, 9.17) is 10.2 Å². The lowest BCUT2D eigenvalue weighted by Crippen LogP contribution is -2.22. The zero-order valence-corrected chi connectivity index (χ0v) is 18.6. The number of benzene rings is 2. The molecule has 2 aromatic carbocycles. The van der Waals surface area contributed by atoms with E-state index in [2.05, 4.69) is 22.5 Å². The molecule has 0 N–H and O–H groups in total. The highest BCUT2D eigenvalue weighted by atomic mass is 32.2. The first-order chi connectivity index (χ1) is 14.3. The van der Waals surface area contributed by atoms with Crippen molar-refractivity contribution in [3.05, 3.63) is 59.4 Å². The second-order valence-electron chi connectivity index (χ2n) is 7.60. The molecule has 0 aliphatic rings. The molecular formula is C22H27N5O2S. The topological polar surface area (TPSA) is 82.2 Å². The summed E-state index contributed by atoms with van der Waals surface area (Å²) in [6.07, 6.45) is 0.949. The third kappa shape index (κ3) is 4.54. The van der Waals surface area contributed by atoms with Gasteiger partial charge in [-0.05, 0) is 49.4 Å². The van der Waals surface area contributed by atoms with E-state index in [-0.39, 0.29) is 4.90 Å². The fourth-order valence-corrected chi connectivity index (χ4v) is 4.40. The van der Waals surface area contributed by atoms with Gasteiger partial charge in [-0.1, -0.05) is 19.1 Å². The summed E-state index contributed by atoms with van der Waals surface area (Å²) in [4.78, 5) is 7.15. The van der Waals surface area contributed by atoms with Gasteiger partial charge in [0.1, 0.15) is 5.82 Å². The Morgan fingerprint density at radius 3 is 2.53 bits per heavy atom. The maximum absolute atomic E-state index is 12.5. The smallest absolute Gasteiger partial charge is 0.242 e. The maximum Gasteiger partial charge on any atom is 0.242 e. The van der Waals surface area contributed by atoms with Crippen molar-refractivity contribution in [1.29, 1.82) is 5.26 Å². The molecule has 0 unspecified atom stereocenters. The van der Waals surface area contributed by atoms with Gasteiger partial charge in [-0.2, -0.15) is 5.26 Å². The monoisotopic (exact) mass is 425 g/mol. The summed E-state index contributed by atoms with van der Waals surface area (Å²) < 4.78 is 28.3. The first-order valence-corrected chi connectivity index (χ1v) is 11.3. The molecule has 0 fully saturated rings. The van der Waals surface area contributed by atoms with Crippen LogP contribution in [0.2, 0.25) is 0 Å². The largest absolute Gasteiger partial charge is 0.327 e. The highest BCUT2D eigenvalue weighted by Gasteiger charge is 2.20. The third-order valence-corrected chi connectivity index (χ3v) is 6.76. The van der Waals surface area contributed by atoms with Crippen LogP contribution >= 0.6 is 0 Å². The second kappa shape index (κ2) is 8.96. The summed E-state index contributed by atoms with van der Waals surface area (Å²) >= 11 is 0. The Morgan fingerprint density at radius 2 is 1.87 bits per heavy atom.